The number of allylic oxidation sites excluding steroid dienone is 8. The first kappa shape index (κ1) is 12.1. The van der Waals surface area contributed by atoms with Crippen molar-refractivity contribution in [3.8, 4) is 0 Å². The molecular formula is C15H20Ru. The van der Waals surface area contributed by atoms with Crippen LogP contribution < -0.4 is 0 Å². The molecule has 0 fully saturated rings. The topological polar surface area (TPSA) is 0 Å². The summed E-state index contributed by atoms with van der Waals surface area (Å²) in [4.78, 5) is 0. The molecule has 0 nitrogen and oxygen atoms in total. The third-order valence-electron chi connectivity index (χ3n) is 2.93. The fourth-order valence-electron chi connectivity index (χ4n) is 2.02. The third kappa shape index (κ3) is 3.04. The van der Waals surface area contributed by atoms with Gasteiger partial charge < -0.3 is 0 Å². The molecule has 0 bridgehead atoms. The van der Waals surface area contributed by atoms with Crippen molar-refractivity contribution in [3.05, 3.63) is 44.3 Å². The van der Waals surface area contributed by atoms with Crippen molar-refractivity contribution in [1.82, 2.24) is 0 Å². The molecule has 0 radical (unpaired) electrons. The molecule has 2 aliphatic carbocycles. The van der Waals surface area contributed by atoms with Crippen LogP contribution in [0, 0.1) is 5.92 Å². The summed E-state index contributed by atoms with van der Waals surface area (Å²) < 4.78 is 3.45. The first-order chi connectivity index (χ1) is 7.77. The molecule has 1 heteroatoms. The normalized spacial score (nSPS) is 20.8. The van der Waals surface area contributed by atoms with Crippen molar-refractivity contribution in [2.75, 3.05) is 0 Å². The number of hydrogen-bond acceptors (Lipinski definition) is 0. The Labute approximate surface area is 107 Å². The molecule has 2 aliphatic rings. The summed E-state index contributed by atoms with van der Waals surface area (Å²) in [6.45, 7) is 4.62. The van der Waals surface area contributed by atoms with Crippen LogP contribution in [0.1, 0.15) is 39.5 Å². The summed E-state index contributed by atoms with van der Waals surface area (Å²) in [6.07, 6.45) is 16.8. The molecule has 0 saturated heterocycles. The average molecular weight is 301 g/mol. The molecule has 0 aliphatic heterocycles. The molecule has 0 aromatic rings. The van der Waals surface area contributed by atoms with E-state index in [-0.39, 0.29) is 0 Å². The van der Waals surface area contributed by atoms with Gasteiger partial charge in [-0.25, -0.2) is 0 Å². The molecule has 0 heterocycles. The molecule has 0 N–H and O–H groups in total. The van der Waals surface area contributed by atoms with E-state index in [0.29, 0.717) is 23.0 Å². The Balaban J connectivity index is 2.07. The Morgan fingerprint density at radius 2 is 2.12 bits per heavy atom. The maximum absolute atomic E-state index is 2.37. The van der Waals surface area contributed by atoms with E-state index in [1.165, 1.54) is 25.7 Å². The summed E-state index contributed by atoms with van der Waals surface area (Å²) >= 11 is 0.329. The van der Waals surface area contributed by atoms with Crippen molar-refractivity contribution in [2.24, 2.45) is 5.92 Å². The van der Waals surface area contributed by atoms with E-state index in [1.807, 2.05) is 0 Å². The molecule has 2 rings (SSSR count). The second-order valence-electron chi connectivity index (χ2n) is 4.61. The Morgan fingerprint density at radius 1 is 1.25 bits per heavy atom. The SMILES string of the molecule is CC(C)C1=[C]([Ru][C]2=CC=CCCC2)CC=C1. The predicted octanol–water partition coefficient (Wildman–Crippen LogP) is 4.56. The van der Waals surface area contributed by atoms with Gasteiger partial charge in [0.15, 0.2) is 0 Å². The molecule has 0 aromatic heterocycles. The van der Waals surface area contributed by atoms with Gasteiger partial charge in [0.25, 0.3) is 0 Å². The van der Waals surface area contributed by atoms with Crippen molar-refractivity contribution in [1.29, 1.82) is 0 Å². The Kier molecular flexibility index (Phi) is 4.35. The molecule has 16 heavy (non-hydrogen) atoms. The van der Waals surface area contributed by atoms with Crippen molar-refractivity contribution in [3.63, 3.8) is 0 Å². The van der Waals surface area contributed by atoms with Gasteiger partial charge in [-0.05, 0) is 0 Å². The van der Waals surface area contributed by atoms with E-state index in [9.17, 15) is 0 Å². The predicted molar refractivity (Wildman–Crippen MR) is 66.7 cm³/mol. The van der Waals surface area contributed by atoms with Gasteiger partial charge in [0.2, 0.25) is 0 Å². The van der Waals surface area contributed by atoms with E-state index >= 15 is 0 Å². The van der Waals surface area contributed by atoms with E-state index in [1.54, 1.807) is 13.9 Å². The first-order valence-electron chi connectivity index (χ1n) is 6.15. The fraction of sp³-hybridized carbons (Fsp3) is 0.467. The Bertz CT molecular complexity index is 367. The molecular weight excluding hydrogens is 281 g/mol. The van der Waals surface area contributed by atoms with Gasteiger partial charge in [-0.15, -0.1) is 0 Å². The molecule has 0 amide bonds. The minimum absolute atomic E-state index is 0.329. The molecule has 0 aromatic carbocycles. The zero-order valence-corrected chi connectivity index (χ0v) is 11.9. The van der Waals surface area contributed by atoms with E-state index in [4.69, 9.17) is 0 Å². The number of hydrogen-bond donors (Lipinski definition) is 0. The standard InChI is InChI=1S/C8H11.C7H9.Ru/c1-7(2)8-5-3-4-6-8;1-2-4-6-7-5-3-1;/h3,5,7H,4H2,1-2H3;1-3H,4,6-7H2;. The van der Waals surface area contributed by atoms with Crippen molar-refractivity contribution in [2.45, 2.75) is 39.5 Å². The molecule has 0 spiro atoms. The second-order valence-corrected chi connectivity index (χ2v) is 7.21. The van der Waals surface area contributed by atoms with Crippen LogP contribution in [-0.4, -0.2) is 0 Å². The van der Waals surface area contributed by atoms with Gasteiger partial charge in [0, 0.05) is 0 Å². The maximum atomic E-state index is 2.37. The van der Waals surface area contributed by atoms with Crippen molar-refractivity contribution < 1.29 is 17.1 Å². The fourth-order valence-corrected chi connectivity index (χ4v) is 4.81. The molecule has 0 unspecified atom stereocenters. The van der Waals surface area contributed by atoms with Crippen LogP contribution in [0.3, 0.4) is 0 Å². The summed E-state index contributed by atoms with van der Waals surface area (Å²) in [6, 6.07) is 0. The van der Waals surface area contributed by atoms with E-state index in [2.05, 4.69) is 44.2 Å². The number of rotatable bonds is 3. The zero-order valence-electron chi connectivity index (χ0n) is 10.1. The second kappa shape index (κ2) is 5.78. The Morgan fingerprint density at radius 3 is 2.94 bits per heavy atom. The average Bonchev–Trinajstić information content (AvgIpc) is 2.55. The van der Waals surface area contributed by atoms with Gasteiger partial charge in [-0.3, -0.25) is 0 Å². The van der Waals surface area contributed by atoms with Crippen LogP contribution in [-0.2, 0) is 17.1 Å². The first-order valence-corrected chi connectivity index (χ1v) is 7.89. The van der Waals surface area contributed by atoms with Gasteiger partial charge in [0.05, 0.1) is 0 Å². The van der Waals surface area contributed by atoms with Crippen LogP contribution in [0.2, 0.25) is 0 Å². The molecule has 0 atom stereocenters. The monoisotopic (exact) mass is 302 g/mol. The van der Waals surface area contributed by atoms with Crippen molar-refractivity contribution >= 4 is 0 Å². The molecule has 88 valence electrons. The summed E-state index contributed by atoms with van der Waals surface area (Å²) in [5.74, 6) is 0.699. The summed E-state index contributed by atoms with van der Waals surface area (Å²) in [5, 5.41) is 0. The van der Waals surface area contributed by atoms with Crippen LogP contribution >= 0.6 is 0 Å². The third-order valence-corrected chi connectivity index (χ3v) is 5.59. The zero-order chi connectivity index (χ0) is 11.4. The minimum atomic E-state index is 0.329. The van der Waals surface area contributed by atoms with Gasteiger partial charge in [-0.1, -0.05) is 0 Å². The van der Waals surface area contributed by atoms with Crippen LogP contribution in [0.25, 0.3) is 0 Å². The van der Waals surface area contributed by atoms with Crippen LogP contribution in [0.15, 0.2) is 44.3 Å². The van der Waals surface area contributed by atoms with Gasteiger partial charge in [-0.2, -0.15) is 0 Å². The summed E-state index contributed by atoms with van der Waals surface area (Å²) in [7, 11) is 0. The van der Waals surface area contributed by atoms with Gasteiger partial charge >= 0.3 is 107 Å². The van der Waals surface area contributed by atoms with Crippen LogP contribution in [0.5, 0.6) is 0 Å². The van der Waals surface area contributed by atoms with Gasteiger partial charge in [0.1, 0.15) is 0 Å². The molecule has 0 saturated carbocycles. The summed E-state index contributed by atoms with van der Waals surface area (Å²) in [5.41, 5.74) is 1.62. The Hall–Kier alpha value is -0.417. The van der Waals surface area contributed by atoms with E-state index in [0.717, 1.165) is 0 Å². The van der Waals surface area contributed by atoms with E-state index < -0.39 is 0 Å². The van der Waals surface area contributed by atoms with Crippen LogP contribution in [0.4, 0.5) is 0 Å². The quantitative estimate of drug-likeness (QED) is 0.670.